The average Bonchev–Trinajstić information content (AvgIpc) is 2.71. The Labute approximate surface area is 96.5 Å². The summed E-state index contributed by atoms with van der Waals surface area (Å²) < 4.78 is 1.86. The van der Waals surface area contributed by atoms with Gasteiger partial charge in [0, 0.05) is 24.5 Å². The van der Waals surface area contributed by atoms with Crippen LogP contribution in [0.3, 0.4) is 0 Å². The molecule has 0 saturated heterocycles. The number of nitrogens with one attached hydrogen (secondary N) is 1. The number of nitrogen functional groups attached to an aromatic ring is 1. The second kappa shape index (κ2) is 3.48. The predicted octanol–water partition coefficient (Wildman–Crippen LogP) is 1.27. The first-order valence-electron chi connectivity index (χ1n) is 5.17. The quantitative estimate of drug-likeness (QED) is 0.656. The third kappa shape index (κ3) is 1.57. The van der Waals surface area contributed by atoms with Crippen LogP contribution < -0.4 is 11.2 Å². The van der Waals surface area contributed by atoms with E-state index >= 15 is 0 Å². The molecule has 5 nitrogen and oxygen atoms in total. The van der Waals surface area contributed by atoms with Crippen LogP contribution in [-0.4, -0.2) is 14.4 Å². The molecule has 0 aromatic carbocycles. The molecule has 0 amide bonds. The number of pyridine rings is 2. The molecular formula is C12H10N4O. The molecule has 0 unspecified atom stereocenters. The Balaban J connectivity index is 2.28. The lowest BCUT2D eigenvalue weighted by atomic mass is 10.3. The lowest BCUT2D eigenvalue weighted by Gasteiger charge is -2.01. The summed E-state index contributed by atoms with van der Waals surface area (Å²) in [5, 5.41) is 0. The number of anilines is 1. The van der Waals surface area contributed by atoms with Crippen LogP contribution in [0.25, 0.3) is 17.0 Å². The first kappa shape index (κ1) is 9.65. The van der Waals surface area contributed by atoms with E-state index < -0.39 is 0 Å². The summed E-state index contributed by atoms with van der Waals surface area (Å²) >= 11 is 0. The summed E-state index contributed by atoms with van der Waals surface area (Å²) in [5.41, 5.74) is 7.99. The molecule has 0 atom stereocenters. The minimum Gasteiger partial charge on any atom is -0.384 e. The number of nitrogens with zero attached hydrogens (tertiary/aromatic N) is 2. The van der Waals surface area contributed by atoms with Crippen molar-refractivity contribution in [1.29, 1.82) is 0 Å². The summed E-state index contributed by atoms with van der Waals surface area (Å²) in [6.07, 6.45) is 3.52. The average molecular weight is 226 g/mol. The maximum absolute atomic E-state index is 11.2. The van der Waals surface area contributed by atoms with E-state index in [2.05, 4.69) is 9.97 Å². The molecule has 0 aliphatic rings. The Morgan fingerprint density at radius 3 is 3.00 bits per heavy atom. The van der Waals surface area contributed by atoms with Crippen LogP contribution in [0.2, 0.25) is 0 Å². The molecule has 3 rings (SSSR count). The minimum atomic E-state index is -0.0288. The van der Waals surface area contributed by atoms with E-state index in [1.165, 1.54) is 12.1 Å². The van der Waals surface area contributed by atoms with Gasteiger partial charge in [-0.2, -0.15) is 0 Å². The molecule has 0 bridgehead atoms. The fourth-order valence-electron chi connectivity index (χ4n) is 1.81. The van der Waals surface area contributed by atoms with Crippen LogP contribution in [0.4, 0.5) is 5.82 Å². The van der Waals surface area contributed by atoms with Gasteiger partial charge >= 0.3 is 0 Å². The largest absolute Gasteiger partial charge is 0.384 e. The van der Waals surface area contributed by atoms with Gasteiger partial charge in [0.25, 0.3) is 0 Å². The lowest BCUT2D eigenvalue weighted by molar-refractivity contribution is 1.16. The van der Waals surface area contributed by atoms with Crippen molar-refractivity contribution < 1.29 is 0 Å². The van der Waals surface area contributed by atoms with Gasteiger partial charge < -0.3 is 10.7 Å². The van der Waals surface area contributed by atoms with Gasteiger partial charge in [-0.15, -0.1) is 0 Å². The third-order valence-corrected chi connectivity index (χ3v) is 2.58. The van der Waals surface area contributed by atoms with E-state index in [4.69, 9.17) is 5.73 Å². The van der Waals surface area contributed by atoms with Gasteiger partial charge in [-0.1, -0.05) is 6.07 Å². The number of aromatic amines is 1. The minimum absolute atomic E-state index is 0.0288. The van der Waals surface area contributed by atoms with Gasteiger partial charge in [-0.25, -0.2) is 4.98 Å². The van der Waals surface area contributed by atoms with Crippen molar-refractivity contribution in [1.82, 2.24) is 14.4 Å². The smallest absolute Gasteiger partial charge is 0.183 e. The van der Waals surface area contributed by atoms with E-state index in [1.807, 2.05) is 16.5 Å². The second-order valence-electron chi connectivity index (χ2n) is 3.74. The number of aromatic nitrogens is 3. The second-order valence-corrected chi connectivity index (χ2v) is 3.74. The number of fused-ring (bicyclic) bond motifs is 1. The molecule has 0 saturated carbocycles. The first-order valence-corrected chi connectivity index (χ1v) is 5.17. The molecule has 0 aliphatic carbocycles. The van der Waals surface area contributed by atoms with Crippen molar-refractivity contribution >= 4 is 11.5 Å². The van der Waals surface area contributed by atoms with Crippen molar-refractivity contribution in [2.45, 2.75) is 0 Å². The van der Waals surface area contributed by atoms with Crippen molar-refractivity contribution in [3.8, 4) is 11.4 Å². The van der Waals surface area contributed by atoms with Gasteiger partial charge in [0.2, 0.25) is 0 Å². The van der Waals surface area contributed by atoms with Crippen LogP contribution in [0.1, 0.15) is 0 Å². The van der Waals surface area contributed by atoms with Crippen molar-refractivity contribution in [2.75, 3.05) is 5.73 Å². The van der Waals surface area contributed by atoms with Crippen LogP contribution >= 0.6 is 0 Å². The van der Waals surface area contributed by atoms with E-state index in [1.54, 1.807) is 18.5 Å². The maximum atomic E-state index is 11.2. The number of rotatable bonds is 1. The normalized spacial score (nSPS) is 10.8. The van der Waals surface area contributed by atoms with Crippen LogP contribution in [0, 0.1) is 0 Å². The fourth-order valence-corrected chi connectivity index (χ4v) is 1.81. The van der Waals surface area contributed by atoms with E-state index in [-0.39, 0.29) is 5.43 Å². The van der Waals surface area contributed by atoms with Gasteiger partial charge in [0.15, 0.2) is 5.43 Å². The Kier molecular flexibility index (Phi) is 1.98. The number of H-pyrrole nitrogens is 1. The van der Waals surface area contributed by atoms with Gasteiger partial charge in [0.05, 0.1) is 11.4 Å². The molecule has 0 spiro atoms. The molecule has 3 heterocycles. The Morgan fingerprint density at radius 1 is 1.29 bits per heavy atom. The fraction of sp³-hybridized carbons (Fsp3) is 0. The van der Waals surface area contributed by atoms with Crippen molar-refractivity contribution in [3.63, 3.8) is 0 Å². The standard InChI is InChI=1S/C12H10N4O/c13-11-3-1-2-9(15-11)10-7-14-12-6-8(17)4-5-16(10)12/h1-7,14H,(H2,13,15). The molecule has 3 N–H and O–H groups in total. The Hall–Kier alpha value is -2.56. The van der Waals surface area contributed by atoms with Gasteiger partial charge in [-0.3, -0.25) is 9.20 Å². The van der Waals surface area contributed by atoms with Crippen LogP contribution in [0.5, 0.6) is 0 Å². The Bertz CT molecular complexity index is 741. The highest BCUT2D eigenvalue weighted by Crippen LogP contribution is 2.18. The van der Waals surface area contributed by atoms with E-state index in [9.17, 15) is 4.79 Å². The molecule has 0 fully saturated rings. The molecule has 3 aromatic heterocycles. The summed E-state index contributed by atoms with van der Waals surface area (Å²) in [7, 11) is 0. The van der Waals surface area contributed by atoms with Crippen LogP contribution in [0.15, 0.2) is 47.5 Å². The topological polar surface area (TPSA) is 76.2 Å². The monoisotopic (exact) mass is 226 g/mol. The molecule has 3 aromatic rings. The molecule has 17 heavy (non-hydrogen) atoms. The highest BCUT2D eigenvalue weighted by molar-refractivity contribution is 5.61. The molecule has 0 aliphatic heterocycles. The number of hydrogen-bond acceptors (Lipinski definition) is 3. The van der Waals surface area contributed by atoms with Crippen molar-refractivity contribution in [2.24, 2.45) is 0 Å². The summed E-state index contributed by atoms with van der Waals surface area (Å²) in [6, 6.07) is 8.50. The molecular weight excluding hydrogens is 216 g/mol. The van der Waals surface area contributed by atoms with Gasteiger partial charge in [-0.05, 0) is 12.1 Å². The zero-order valence-electron chi connectivity index (χ0n) is 8.92. The highest BCUT2D eigenvalue weighted by atomic mass is 16.1. The zero-order valence-corrected chi connectivity index (χ0v) is 8.92. The van der Waals surface area contributed by atoms with Gasteiger partial charge in [0.1, 0.15) is 11.5 Å². The molecule has 5 heteroatoms. The lowest BCUT2D eigenvalue weighted by Crippen LogP contribution is -2.00. The zero-order chi connectivity index (χ0) is 11.8. The summed E-state index contributed by atoms with van der Waals surface area (Å²) in [6.45, 7) is 0. The number of nitrogens with two attached hydrogens (primary N) is 1. The van der Waals surface area contributed by atoms with Crippen molar-refractivity contribution in [3.05, 3.63) is 52.9 Å². The molecule has 0 radical (unpaired) electrons. The maximum Gasteiger partial charge on any atom is 0.183 e. The van der Waals surface area contributed by atoms with E-state index in [0.29, 0.717) is 5.82 Å². The Morgan fingerprint density at radius 2 is 2.18 bits per heavy atom. The third-order valence-electron chi connectivity index (χ3n) is 2.58. The van der Waals surface area contributed by atoms with Crippen LogP contribution in [-0.2, 0) is 0 Å². The summed E-state index contributed by atoms with van der Waals surface area (Å²) in [5.74, 6) is 0.470. The summed E-state index contributed by atoms with van der Waals surface area (Å²) in [4.78, 5) is 18.5. The molecule has 84 valence electrons. The number of hydrogen-bond donors (Lipinski definition) is 2. The van der Waals surface area contributed by atoms with E-state index in [0.717, 1.165) is 17.0 Å². The first-order chi connectivity index (χ1) is 8.24. The highest BCUT2D eigenvalue weighted by Gasteiger charge is 2.06. The number of imidazole rings is 1. The predicted molar refractivity (Wildman–Crippen MR) is 65.7 cm³/mol. The SMILES string of the molecule is Nc1cccc(-c2c[nH]c3cc(=O)ccn23)n1.